The zero-order valence-corrected chi connectivity index (χ0v) is 18.5. The molecule has 0 bridgehead atoms. The van der Waals surface area contributed by atoms with Crippen molar-refractivity contribution in [3.8, 4) is 0 Å². The molecule has 0 aliphatic rings. The smallest absolute Gasteiger partial charge is 0.191 e. The highest BCUT2D eigenvalue weighted by Crippen LogP contribution is 2.17. The molecule has 2 aromatic rings. The number of guanidine groups is 1. The Balaban J connectivity index is 0.00000338. The average molecular weight is 470 g/mol. The molecule has 0 radical (unpaired) electrons. The van der Waals surface area contributed by atoms with Crippen molar-refractivity contribution >= 4 is 29.9 Å². The van der Waals surface area contributed by atoms with Gasteiger partial charge in [-0.1, -0.05) is 30.3 Å². The second-order valence-corrected chi connectivity index (χ2v) is 6.31. The van der Waals surface area contributed by atoms with Crippen molar-refractivity contribution in [3.05, 3.63) is 53.9 Å². The van der Waals surface area contributed by atoms with E-state index in [1.807, 2.05) is 24.0 Å². The summed E-state index contributed by atoms with van der Waals surface area (Å²) in [4.78, 5) is 6.94. The van der Waals surface area contributed by atoms with Gasteiger partial charge in [-0.15, -0.1) is 24.0 Å². The maximum absolute atomic E-state index is 4.77. The predicted molar refractivity (Wildman–Crippen MR) is 119 cm³/mol. The van der Waals surface area contributed by atoms with Gasteiger partial charge in [0.25, 0.3) is 0 Å². The van der Waals surface area contributed by atoms with Gasteiger partial charge in [0.1, 0.15) is 0 Å². The lowest BCUT2D eigenvalue weighted by Crippen LogP contribution is -2.39. The predicted octanol–water partition coefficient (Wildman–Crippen LogP) is 2.44. The summed E-state index contributed by atoms with van der Waals surface area (Å²) < 4.78 is 1.83. The summed E-state index contributed by atoms with van der Waals surface area (Å²) in [5, 5.41) is 11.0. The number of nitrogens with zero attached hydrogens (tertiary/aromatic N) is 4. The first-order valence-electron chi connectivity index (χ1n) is 8.81. The molecule has 0 fully saturated rings. The molecule has 26 heavy (non-hydrogen) atoms. The molecule has 1 aromatic heterocycles. The van der Waals surface area contributed by atoms with Crippen molar-refractivity contribution in [2.75, 3.05) is 33.7 Å². The fraction of sp³-hybridized carbons (Fsp3) is 0.474. The van der Waals surface area contributed by atoms with Gasteiger partial charge in [0.2, 0.25) is 0 Å². The van der Waals surface area contributed by atoms with Gasteiger partial charge in [-0.2, -0.15) is 5.10 Å². The number of rotatable bonds is 8. The minimum Gasteiger partial charge on any atom is -0.357 e. The summed E-state index contributed by atoms with van der Waals surface area (Å²) in [6.45, 7) is 4.46. The first-order chi connectivity index (χ1) is 12.1. The summed E-state index contributed by atoms with van der Waals surface area (Å²) in [7, 11) is 6.08. The third-order valence-electron chi connectivity index (χ3n) is 4.05. The molecule has 0 spiro atoms. The van der Waals surface area contributed by atoms with Crippen LogP contribution in [0.5, 0.6) is 0 Å². The van der Waals surface area contributed by atoms with Crippen LogP contribution < -0.4 is 10.6 Å². The van der Waals surface area contributed by atoms with Crippen molar-refractivity contribution in [2.24, 2.45) is 12.0 Å². The van der Waals surface area contributed by atoms with Gasteiger partial charge in [-0.05, 0) is 33.0 Å². The molecule has 144 valence electrons. The largest absolute Gasteiger partial charge is 0.357 e. The Morgan fingerprint density at radius 2 is 1.96 bits per heavy atom. The van der Waals surface area contributed by atoms with Crippen LogP contribution in [0.15, 0.2) is 47.7 Å². The van der Waals surface area contributed by atoms with Crippen molar-refractivity contribution in [1.82, 2.24) is 25.3 Å². The van der Waals surface area contributed by atoms with E-state index in [4.69, 9.17) is 4.99 Å². The summed E-state index contributed by atoms with van der Waals surface area (Å²) in [5.41, 5.74) is 2.50. The average Bonchev–Trinajstić information content (AvgIpc) is 3.02. The van der Waals surface area contributed by atoms with E-state index in [1.54, 1.807) is 0 Å². The maximum atomic E-state index is 4.77. The van der Waals surface area contributed by atoms with E-state index >= 15 is 0 Å². The Kier molecular flexibility index (Phi) is 10.3. The highest BCUT2D eigenvalue weighted by molar-refractivity contribution is 14.0. The molecule has 7 heteroatoms. The van der Waals surface area contributed by atoms with Crippen molar-refractivity contribution in [2.45, 2.75) is 19.4 Å². The Morgan fingerprint density at radius 1 is 1.23 bits per heavy atom. The first-order valence-corrected chi connectivity index (χ1v) is 8.81. The van der Waals surface area contributed by atoms with Crippen LogP contribution in [0, 0.1) is 0 Å². The lowest BCUT2D eigenvalue weighted by atomic mass is 10.1. The number of hydrogen-bond acceptors (Lipinski definition) is 3. The molecule has 1 aromatic carbocycles. The molecular formula is C19H31IN6. The van der Waals surface area contributed by atoms with Crippen LogP contribution in [0.3, 0.4) is 0 Å². The molecule has 6 nitrogen and oxygen atoms in total. The molecule has 0 aliphatic heterocycles. The summed E-state index contributed by atoms with van der Waals surface area (Å²) in [6.07, 6.45) is 4.94. The van der Waals surface area contributed by atoms with E-state index in [9.17, 15) is 0 Å². The first kappa shape index (κ1) is 22.4. The SMILES string of the molecule is CCNC(=NCC(c1cnn(C)c1)N(C)C)NCCc1ccccc1.I. The van der Waals surface area contributed by atoms with Crippen LogP contribution in [0.4, 0.5) is 0 Å². The molecule has 1 atom stereocenters. The van der Waals surface area contributed by atoms with Crippen molar-refractivity contribution in [1.29, 1.82) is 0 Å². The second kappa shape index (κ2) is 11.9. The van der Waals surface area contributed by atoms with E-state index in [0.717, 1.165) is 25.5 Å². The minimum absolute atomic E-state index is 0. The molecule has 2 rings (SSSR count). The molecule has 0 saturated heterocycles. The Labute approximate surface area is 174 Å². The van der Waals surface area contributed by atoms with E-state index in [1.165, 1.54) is 11.1 Å². The maximum Gasteiger partial charge on any atom is 0.191 e. The fourth-order valence-corrected chi connectivity index (χ4v) is 2.67. The third kappa shape index (κ3) is 7.33. The van der Waals surface area contributed by atoms with Gasteiger partial charge < -0.3 is 15.5 Å². The molecule has 0 saturated carbocycles. The van der Waals surface area contributed by atoms with Crippen molar-refractivity contribution in [3.63, 3.8) is 0 Å². The number of benzene rings is 1. The van der Waals surface area contributed by atoms with Gasteiger partial charge >= 0.3 is 0 Å². The number of aromatic nitrogens is 2. The normalized spacial score (nSPS) is 12.6. The quantitative estimate of drug-likeness (QED) is 0.354. The van der Waals surface area contributed by atoms with E-state index in [-0.39, 0.29) is 30.0 Å². The third-order valence-corrected chi connectivity index (χ3v) is 4.05. The van der Waals surface area contributed by atoms with Gasteiger partial charge in [0.15, 0.2) is 5.96 Å². The zero-order valence-electron chi connectivity index (χ0n) is 16.1. The monoisotopic (exact) mass is 470 g/mol. The van der Waals surface area contributed by atoms with Gasteiger partial charge in [-0.25, -0.2) is 0 Å². The van der Waals surface area contributed by atoms with E-state index in [0.29, 0.717) is 6.54 Å². The molecule has 0 aliphatic carbocycles. The lowest BCUT2D eigenvalue weighted by Gasteiger charge is -2.22. The Hall–Kier alpha value is -1.61. The molecule has 1 heterocycles. The van der Waals surface area contributed by atoms with Gasteiger partial charge in [0, 0.05) is 31.9 Å². The van der Waals surface area contributed by atoms with Crippen LogP contribution in [0.25, 0.3) is 0 Å². The molecular weight excluding hydrogens is 439 g/mol. The fourth-order valence-electron chi connectivity index (χ4n) is 2.67. The number of nitrogens with one attached hydrogen (secondary N) is 2. The number of aliphatic imine (C=N–C) groups is 1. The summed E-state index contributed by atoms with van der Waals surface area (Å²) in [6, 6.07) is 10.7. The van der Waals surface area contributed by atoms with Crippen LogP contribution in [0.1, 0.15) is 24.1 Å². The van der Waals surface area contributed by atoms with Crippen molar-refractivity contribution < 1.29 is 0 Å². The molecule has 2 N–H and O–H groups in total. The van der Waals surface area contributed by atoms with E-state index < -0.39 is 0 Å². The standard InChI is InChI=1S/C19H30N6.HI/c1-5-20-19(21-12-11-16-9-7-6-8-10-16)22-14-18(24(2)3)17-13-23-25(4)15-17;/h6-10,13,15,18H,5,11-12,14H2,1-4H3,(H2,20,21,22);1H. The second-order valence-electron chi connectivity index (χ2n) is 6.31. The zero-order chi connectivity index (χ0) is 18.1. The Morgan fingerprint density at radius 3 is 2.54 bits per heavy atom. The number of hydrogen-bond donors (Lipinski definition) is 2. The number of likely N-dealkylation sites (N-methyl/N-ethyl adjacent to an activating group) is 1. The molecule has 0 amide bonds. The Bertz CT molecular complexity index is 653. The van der Waals surface area contributed by atoms with Crippen LogP contribution in [-0.4, -0.2) is 54.4 Å². The summed E-state index contributed by atoms with van der Waals surface area (Å²) in [5.74, 6) is 0.856. The highest BCUT2D eigenvalue weighted by Gasteiger charge is 2.15. The highest BCUT2D eigenvalue weighted by atomic mass is 127. The van der Waals surface area contributed by atoms with Crippen LogP contribution in [0.2, 0.25) is 0 Å². The summed E-state index contributed by atoms with van der Waals surface area (Å²) >= 11 is 0. The number of aryl methyl sites for hydroxylation is 1. The van der Waals surface area contributed by atoms with Crippen LogP contribution >= 0.6 is 24.0 Å². The van der Waals surface area contributed by atoms with Crippen LogP contribution in [-0.2, 0) is 13.5 Å². The topological polar surface area (TPSA) is 57.5 Å². The minimum atomic E-state index is 0. The van der Waals surface area contributed by atoms with Gasteiger partial charge in [0.05, 0.1) is 18.8 Å². The number of halogens is 1. The van der Waals surface area contributed by atoms with Gasteiger partial charge in [-0.3, -0.25) is 9.67 Å². The molecule has 1 unspecified atom stereocenters. The van der Waals surface area contributed by atoms with E-state index in [2.05, 4.69) is 72.1 Å². The lowest BCUT2D eigenvalue weighted by molar-refractivity contribution is 0.306.